The molecule has 1 heterocycles. The maximum absolute atomic E-state index is 12.0. The minimum absolute atomic E-state index is 0.215. The molecule has 2 N–H and O–H groups in total. The third kappa shape index (κ3) is 4.86. The summed E-state index contributed by atoms with van der Waals surface area (Å²) in [6, 6.07) is -0.446. The summed E-state index contributed by atoms with van der Waals surface area (Å²) in [5.74, 6) is -0.386. The van der Waals surface area contributed by atoms with Gasteiger partial charge in [-0.05, 0) is 6.42 Å². The normalized spacial score (nSPS) is 21.3. The molecule has 1 rings (SSSR count). The zero-order valence-electron chi connectivity index (χ0n) is 11.5. The molecule has 0 aromatic rings. The number of thioether (sulfide) groups is 1. The highest BCUT2D eigenvalue weighted by atomic mass is 32.2. The first-order chi connectivity index (χ1) is 9.23. The number of nitrogens with zero attached hydrogens (tertiary/aromatic N) is 1. The number of carboxylic acid groups (broad SMARTS) is 1. The van der Waals surface area contributed by atoms with Crippen LogP contribution in [-0.2, 0) is 14.6 Å². The summed E-state index contributed by atoms with van der Waals surface area (Å²) in [4.78, 5) is 24.0. The second-order valence-electron chi connectivity index (χ2n) is 4.81. The van der Waals surface area contributed by atoms with Crippen molar-refractivity contribution in [3.8, 4) is 0 Å². The third-order valence-corrected chi connectivity index (χ3v) is 5.76. The SMILES string of the molecule is CC(CCNC(=O)N1CCSCC1S(C)(=O)=O)C(=O)O. The summed E-state index contributed by atoms with van der Waals surface area (Å²) in [6.45, 7) is 2.15. The number of carboxylic acids is 1. The van der Waals surface area contributed by atoms with Gasteiger partial charge in [0.25, 0.3) is 0 Å². The molecule has 9 heteroatoms. The van der Waals surface area contributed by atoms with Gasteiger partial charge in [-0.2, -0.15) is 11.8 Å². The molecular formula is C11H20N2O5S2. The van der Waals surface area contributed by atoms with Crippen LogP contribution in [0.5, 0.6) is 0 Å². The van der Waals surface area contributed by atoms with E-state index in [0.717, 1.165) is 6.26 Å². The first-order valence-corrected chi connectivity index (χ1v) is 9.38. The summed E-state index contributed by atoms with van der Waals surface area (Å²) >= 11 is 1.51. The van der Waals surface area contributed by atoms with Crippen LogP contribution < -0.4 is 5.32 Å². The Morgan fingerprint density at radius 2 is 2.15 bits per heavy atom. The lowest BCUT2D eigenvalue weighted by Crippen LogP contribution is -2.53. The first kappa shape index (κ1) is 17.1. The number of amides is 2. The Labute approximate surface area is 123 Å². The molecule has 116 valence electrons. The Bertz CT molecular complexity index is 465. The molecule has 0 spiro atoms. The van der Waals surface area contributed by atoms with Gasteiger partial charge in [-0.3, -0.25) is 4.79 Å². The van der Waals surface area contributed by atoms with E-state index in [1.807, 2.05) is 0 Å². The highest BCUT2D eigenvalue weighted by Crippen LogP contribution is 2.20. The van der Waals surface area contributed by atoms with E-state index < -0.39 is 33.1 Å². The molecular weight excluding hydrogens is 304 g/mol. The summed E-state index contributed by atoms with van der Waals surface area (Å²) in [5, 5.41) is 10.5. The maximum Gasteiger partial charge on any atom is 0.318 e. The molecule has 0 aromatic heterocycles. The van der Waals surface area contributed by atoms with Crippen molar-refractivity contribution in [1.29, 1.82) is 0 Å². The molecule has 1 aliphatic heterocycles. The monoisotopic (exact) mass is 324 g/mol. The Morgan fingerprint density at radius 3 is 2.70 bits per heavy atom. The predicted molar refractivity (Wildman–Crippen MR) is 77.5 cm³/mol. The Morgan fingerprint density at radius 1 is 1.50 bits per heavy atom. The molecule has 0 aliphatic carbocycles. The van der Waals surface area contributed by atoms with Gasteiger partial charge >= 0.3 is 12.0 Å². The average Bonchev–Trinajstić information content (AvgIpc) is 2.37. The highest BCUT2D eigenvalue weighted by molar-refractivity contribution is 8.00. The van der Waals surface area contributed by atoms with Crippen LogP contribution in [0.4, 0.5) is 4.79 Å². The molecule has 0 saturated carbocycles. The fourth-order valence-corrected chi connectivity index (χ4v) is 4.60. The molecule has 1 saturated heterocycles. The van der Waals surface area contributed by atoms with Crippen molar-refractivity contribution in [1.82, 2.24) is 10.2 Å². The number of carbonyl (C=O) groups excluding carboxylic acids is 1. The number of hydrogen-bond donors (Lipinski definition) is 2. The van der Waals surface area contributed by atoms with E-state index in [-0.39, 0.29) is 6.54 Å². The minimum Gasteiger partial charge on any atom is -0.481 e. The van der Waals surface area contributed by atoms with Crippen LogP contribution in [0.25, 0.3) is 0 Å². The molecule has 1 aliphatic rings. The van der Waals surface area contributed by atoms with Crippen molar-refractivity contribution >= 4 is 33.6 Å². The van der Waals surface area contributed by atoms with Gasteiger partial charge in [0, 0.05) is 30.9 Å². The zero-order valence-corrected chi connectivity index (χ0v) is 13.2. The van der Waals surface area contributed by atoms with Gasteiger partial charge in [0.2, 0.25) is 0 Å². The number of hydrogen-bond acceptors (Lipinski definition) is 5. The summed E-state index contributed by atoms with van der Waals surface area (Å²) in [5.41, 5.74) is 0. The van der Waals surface area contributed by atoms with Gasteiger partial charge in [-0.15, -0.1) is 0 Å². The van der Waals surface area contributed by atoms with Crippen LogP contribution in [0.1, 0.15) is 13.3 Å². The molecule has 2 amide bonds. The number of urea groups is 1. The van der Waals surface area contributed by atoms with Gasteiger partial charge in [-0.25, -0.2) is 13.2 Å². The number of carbonyl (C=O) groups is 2. The van der Waals surface area contributed by atoms with Crippen LogP contribution in [0.2, 0.25) is 0 Å². The predicted octanol–water partition coefficient (Wildman–Crippen LogP) is 0.226. The number of aliphatic carboxylic acids is 1. The molecule has 0 radical (unpaired) electrons. The van der Waals surface area contributed by atoms with Crippen LogP contribution in [0.3, 0.4) is 0 Å². The summed E-state index contributed by atoms with van der Waals surface area (Å²) in [7, 11) is -3.32. The smallest absolute Gasteiger partial charge is 0.318 e. The third-order valence-electron chi connectivity index (χ3n) is 3.11. The van der Waals surface area contributed by atoms with E-state index >= 15 is 0 Å². The van der Waals surface area contributed by atoms with Crippen molar-refractivity contribution in [2.24, 2.45) is 5.92 Å². The minimum atomic E-state index is -3.32. The van der Waals surface area contributed by atoms with Crippen LogP contribution >= 0.6 is 11.8 Å². The van der Waals surface area contributed by atoms with E-state index in [9.17, 15) is 18.0 Å². The van der Waals surface area contributed by atoms with Gasteiger partial charge in [0.1, 0.15) is 5.37 Å². The Balaban J connectivity index is 2.54. The van der Waals surface area contributed by atoms with E-state index in [1.165, 1.54) is 16.7 Å². The van der Waals surface area contributed by atoms with Crippen LogP contribution in [0.15, 0.2) is 0 Å². The molecule has 2 atom stereocenters. The summed E-state index contributed by atoms with van der Waals surface area (Å²) in [6.07, 6.45) is 1.43. The van der Waals surface area contributed by atoms with Crippen molar-refractivity contribution in [2.75, 3.05) is 30.9 Å². The second-order valence-corrected chi connectivity index (χ2v) is 8.17. The molecule has 20 heavy (non-hydrogen) atoms. The summed E-state index contributed by atoms with van der Waals surface area (Å²) < 4.78 is 23.3. The number of nitrogens with one attached hydrogen (secondary N) is 1. The molecule has 1 fully saturated rings. The average molecular weight is 324 g/mol. The van der Waals surface area contributed by atoms with E-state index in [2.05, 4.69) is 5.32 Å². The van der Waals surface area contributed by atoms with Crippen LogP contribution in [-0.4, -0.2) is 66.6 Å². The number of rotatable bonds is 5. The van der Waals surface area contributed by atoms with E-state index in [4.69, 9.17) is 5.11 Å². The maximum atomic E-state index is 12.0. The highest BCUT2D eigenvalue weighted by Gasteiger charge is 2.34. The van der Waals surface area contributed by atoms with Crippen LogP contribution in [0, 0.1) is 5.92 Å². The fourth-order valence-electron chi connectivity index (χ4n) is 1.79. The lowest BCUT2D eigenvalue weighted by Gasteiger charge is -2.34. The Hall–Kier alpha value is -0.960. The molecule has 0 aromatic carbocycles. The largest absolute Gasteiger partial charge is 0.481 e. The van der Waals surface area contributed by atoms with E-state index in [0.29, 0.717) is 24.5 Å². The van der Waals surface area contributed by atoms with Gasteiger partial charge in [0.15, 0.2) is 9.84 Å². The van der Waals surface area contributed by atoms with Crippen molar-refractivity contribution in [3.63, 3.8) is 0 Å². The van der Waals surface area contributed by atoms with Crippen molar-refractivity contribution in [3.05, 3.63) is 0 Å². The quantitative estimate of drug-likeness (QED) is 0.750. The Kier molecular flexibility index (Phi) is 6.12. The zero-order chi connectivity index (χ0) is 15.3. The standard InChI is InChI=1S/C11H20N2O5S2/c1-8(10(14)15)3-4-12-11(16)13-5-6-19-7-9(13)20(2,17)18/h8-9H,3-7H2,1-2H3,(H,12,16)(H,14,15). The van der Waals surface area contributed by atoms with E-state index in [1.54, 1.807) is 6.92 Å². The lowest BCUT2D eigenvalue weighted by atomic mass is 10.1. The first-order valence-electron chi connectivity index (χ1n) is 6.27. The van der Waals surface area contributed by atoms with Gasteiger partial charge in [-0.1, -0.05) is 6.92 Å². The lowest BCUT2D eigenvalue weighted by molar-refractivity contribution is -0.141. The van der Waals surface area contributed by atoms with Crippen molar-refractivity contribution in [2.45, 2.75) is 18.7 Å². The second kappa shape index (κ2) is 7.16. The van der Waals surface area contributed by atoms with Crippen molar-refractivity contribution < 1.29 is 23.1 Å². The molecule has 7 nitrogen and oxygen atoms in total. The van der Waals surface area contributed by atoms with Gasteiger partial charge in [0.05, 0.1) is 5.92 Å². The molecule has 0 bridgehead atoms. The fraction of sp³-hybridized carbons (Fsp3) is 0.818. The number of sulfone groups is 1. The molecule has 2 unspecified atom stereocenters. The topological polar surface area (TPSA) is 104 Å². The van der Waals surface area contributed by atoms with Gasteiger partial charge < -0.3 is 15.3 Å².